The van der Waals surface area contributed by atoms with Crippen LogP contribution in [0.3, 0.4) is 0 Å². The highest BCUT2D eigenvalue weighted by Crippen LogP contribution is 2.29. The van der Waals surface area contributed by atoms with Crippen LogP contribution in [0.2, 0.25) is 0 Å². The molecule has 0 unspecified atom stereocenters. The normalized spacial score (nSPS) is 10.4. The van der Waals surface area contributed by atoms with Crippen molar-refractivity contribution in [3.63, 3.8) is 0 Å². The maximum absolute atomic E-state index is 13.1. The van der Waals surface area contributed by atoms with Gasteiger partial charge < -0.3 is 5.73 Å². The van der Waals surface area contributed by atoms with Gasteiger partial charge in [-0.3, -0.25) is 0 Å². The maximum Gasteiger partial charge on any atom is 0.126 e. The molecule has 0 aliphatic rings. The number of halogens is 1. The Kier molecular flexibility index (Phi) is 3.15. The number of hydrogen-bond donors (Lipinski definition) is 1. The summed E-state index contributed by atoms with van der Waals surface area (Å²) in [6.07, 6.45) is 0. The summed E-state index contributed by atoms with van der Waals surface area (Å²) in [4.78, 5) is 1.90. The molecular weight excluding hydrogens is 221 g/mol. The Bertz CT molecular complexity index is 474. The first kappa shape index (κ1) is 11.0. The van der Waals surface area contributed by atoms with Crippen LogP contribution in [-0.4, -0.2) is 0 Å². The predicted octanol–water partition coefficient (Wildman–Crippen LogP) is 3.87. The molecule has 2 aromatic carbocycles. The zero-order valence-corrected chi connectivity index (χ0v) is 9.72. The zero-order chi connectivity index (χ0) is 11.5. The number of anilines is 1. The van der Waals surface area contributed by atoms with Gasteiger partial charge in [-0.1, -0.05) is 29.5 Å². The maximum atomic E-state index is 13.1. The molecule has 0 heterocycles. The van der Waals surface area contributed by atoms with E-state index >= 15 is 0 Å². The third kappa shape index (κ3) is 2.76. The van der Waals surface area contributed by atoms with E-state index in [-0.39, 0.29) is 5.82 Å². The first-order chi connectivity index (χ1) is 7.63. The van der Waals surface area contributed by atoms with Crippen molar-refractivity contribution in [2.24, 2.45) is 0 Å². The van der Waals surface area contributed by atoms with Gasteiger partial charge in [-0.15, -0.1) is 0 Å². The second-order valence-electron chi connectivity index (χ2n) is 3.64. The number of hydrogen-bond acceptors (Lipinski definition) is 2. The Labute approximate surface area is 98.5 Å². The fourth-order valence-corrected chi connectivity index (χ4v) is 2.30. The van der Waals surface area contributed by atoms with Crippen molar-refractivity contribution < 1.29 is 4.39 Å². The number of rotatable bonds is 2. The Hall–Kier alpha value is -1.48. The van der Waals surface area contributed by atoms with Crippen molar-refractivity contribution in [3.8, 4) is 0 Å². The first-order valence-electron chi connectivity index (χ1n) is 4.94. The summed E-state index contributed by atoms with van der Waals surface area (Å²) in [5.74, 6) is -0.297. The summed E-state index contributed by atoms with van der Waals surface area (Å²) in [5.41, 5.74) is 7.25. The third-order valence-corrected chi connectivity index (χ3v) is 3.13. The van der Waals surface area contributed by atoms with Gasteiger partial charge in [0.05, 0.1) is 0 Å². The van der Waals surface area contributed by atoms with Crippen LogP contribution >= 0.6 is 11.8 Å². The lowest BCUT2D eigenvalue weighted by Crippen LogP contribution is -1.87. The minimum Gasteiger partial charge on any atom is -0.399 e. The second kappa shape index (κ2) is 4.58. The van der Waals surface area contributed by atoms with Gasteiger partial charge in [0.2, 0.25) is 0 Å². The minimum absolute atomic E-state index is 0.297. The smallest absolute Gasteiger partial charge is 0.126 e. The van der Waals surface area contributed by atoms with Crippen molar-refractivity contribution in [3.05, 3.63) is 53.8 Å². The molecule has 2 aromatic rings. The standard InChI is InChI=1S/C13H12FNS/c1-9-2-4-12(5-3-9)16-13-7-10(14)6-11(15)8-13/h2-8H,15H2,1H3. The lowest BCUT2D eigenvalue weighted by atomic mass is 10.2. The van der Waals surface area contributed by atoms with Crippen molar-refractivity contribution in [2.75, 3.05) is 5.73 Å². The largest absolute Gasteiger partial charge is 0.399 e. The fourth-order valence-electron chi connectivity index (χ4n) is 1.39. The summed E-state index contributed by atoms with van der Waals surface area (Å²) >= 11 is 1.50. The van der Waals surface area contributed by atoms with Crippen LogP contribution < -0.4 is 5.73 Å². The van der Waals surface area contributed by atoms with Gasteiger partial charge in [0.25, 0.3) is 0 Å². The van der Waals surface area contributed by atoms with E-state index in [2.05, 4.69) is 0 Å². The average Bonchev–Trinajstić information content (AvgIpc) is 2.20. The number of nitrogens with two attached hydrogens (primary N) is 1. The molecule has 2 rings (SSSR count). The Morgan fingerprint density at radius 2 is 1.69 bits per heavy atom. The molecule has 0 atom stereocenters. The highest BCUT2D eigenvalue weighted by atomic mass is 32.2. The highest BCUT2D eigenvalue weighted by Gasteiger charge is 2.01. The molecule has 0 radical (unpaired) electrons. The molecule has 0 amide bonds. The van der Waals surface area contributed by atoms with Gasteiger partial charge in [0, 0.05) is 15.5 Å². The molecule has 0 saturated heterocycles. The molecule has 16 heavy (non-hydrogen) atoms. The first-order valence-corrected chi connectivity index (χ1v) is 5.76. The summed E-state index contributed by atoms with van der Waals surface area (Å²) < 4.78 is 13.1. The minimum atomic E-state index is -0.297. The van der Waals surface area contributed by atoms with Gasteiger partial charge >= 0.3 is 0 Å². The molecule has 0 aliphatic heterocycles. The second-order valence-corrected chi connectivity index (χ2v) is 4.78. The van der Waals surface area contributed by atoms with E-state index in [1.807, 2.05) is 31.2 Å². The van der Waals surface area contributed by atoms with Crippen LogP contribution in [-0.2, 0) is 0 Å². The predicted molar refractivity (Wildman–Crippen MR) is 66.1 cm³/mol. The average molecular weight is 233 g/mol. The fraction of sp³-hybridized carbons (Fsp3) is 0.0769. The Balaban J connectivity index is 2.23. The van der Waals surface area contributed by atoms with Crippen LogP contribution in [0, 0.1) is 12.7 Å². The van der Waals surface area contributed by atoms with Gasteiger partial charge in [0.15, 0.2) is 0 Å². The van der Waals surface area contributed by atoms with Crippen molar-refractivity contribution >= 4 is 17.4 Å². The quantitative estimate of drug-likeness (QED) is 0.797. The topological polar surface area (TPSA) is 26.0 Å². The summed E-state index contributed by atoms with van der Waals surface area (Å²) in [5, 5.41) is 0. The lowest BCUT2D eigenvalue weighted by Gasteiger charge is -2.03. The summed E-state index contributed by atoms with van der Waals surface area (Å²) in [6.45, 7) is 2.04. The van der Waals surface area contributed by atoms with Crippen LogP contribution in [0.4, 0.5) is 10.1 Å². The Morgan fingerprint density at radius 3 is 2.31 bits per heavy atom. The van der Waals surface area contributed by atoms with Gasteiger partial charge in [-0.05, 0) is 37.3 Å². The highest BCUT2D eigenvalue weighted by molar-refractivity contribution is 7.99. The van der Waals surface area contributed by atoms with E-state index in [1.54, 1.807) is 6.07 Å². The van der Waals surface area contributed by atoms with E-state index in [4.69, 9.17) is 5.73 Å². The van der Waals surface area contributed by atoms with Crippen LogP contribution in [0.25, 0.3) is 0 Å². The SMILES string of the molecule is Cc1ccc(Sc2cc(N)cc(F)c2)cc1. The third-order valence-electron chi connectivity index (χ3n) is 2.15. The van der Waals surface area contributed by atoms with Crippen LogP contribution in [0.1, 0.15) is 5.56 Å². The van der Waals surface area contributed by atoms with Gasteiger partial charge in [-0.2, -0.15) is 0 Å². The molecule has 0 spiro atoms. The van der Waals surface area contributed by atoms with Crippen molar-refractivity contribution in [2.45, 2.75) is 16.7 Å². The van der Waals surface area contributed by atoms with Crippen LogP contribution in [0.15, 0.2) is 52.3 Å². The molecule has 0 fully saturated rings. The van der Waals surface area contributed by atoms with Crippen molar-refractivity contribution in [1.29, 1.82) is 0 Å². The van der Waals surface area contributed by atoms with E-state index in [0.717, 1.165) is 9.79 Å². The van der Waals surface area contributed by atoms with Crippen molar-refractivity contribution in [1.82, 2.24) is 0 Å². The van der Waals surface area contributed by atoms with E-state index < -0.39 is 0 Å². The number of aryl methyl sites for hydroxylation is 1. The molecule has 2 N–H and O–H groups in total. The molecule has 82 valence electrons. The Morgan fingerprint density at radius 1 is 1.00 bits per heavy atom. The molecule has 0 aliphatic carbocycles. The molecule has 0 aromatic heterocycles. The molecule has 0 bridgehead atoms. The van der Waals surface area contributed by atoms with E-state index in [9.17, 15) is 4.39 Å². The number of benzene rings is 2. The van der Waals surface area contributed by atoms with Gasteiger partial charge in [0.1, 0.15) is 5.82 Å². The van der Waals surface area contributed by atoms with E-state index in [1.165, 1.54) is 29.5 Å². The lowest BCUT2D eigenvalue weighted by molar-refractivity contribution is 0.625. The van der Waals surface area contributed by atoms with Gasteiger partial charge in [-0.25, -0.2) is 4.39 Å². The monoisotopic (exact) mass is 233 g/mol. The number of nitrogen functional groups attached to an aromatic ring is 1. The van der Waals surface area contributed by atoms with Crippen LogP contribution in [0.5, 0.6) is 0 Å². The zero-order valence-electron chi connectivity index (χ0n) is 8.91. The summed E-state index contributed by atoms with van der Waals surface area (Å²) in [7, 11) is 0. The molecular formula is C13H12FNS. The molecule has 3 heteroatoms. The summed E-state index contributed by atoms with van der Waals surface area (Å²) in [6, 6.07) is 12.7. The van der Waals surface area contributed by atoms with E-state index in [0.29, 0.717) is 5.69 Å². The molecule has 1 nitrogen and oxygen atoms in total. The molecule has 0 saturated carbocycles.